The van der Waals surface area contributed by atoms with Gasteiger partial charge in [-0.25, -0.2) is 0 Å². The van der Waals surface area contributed by atoms with Gasteiger partial charge in [0, 0.05) is 35.9 Å². The maximum atomic E-state index is 3.51. The Morgan fingerprint density at radius 1 is 0.536 bits per heavy atom. The van der Waals surface area contributed by atoms with Gasteiger partial charge in [-0.1, -0.05) is 60.7 Å². The molecule has 0 aliphatic heterocycles. The lowest BCUT2D eigenvalue weighted by molar-refractivity contribution is 0.611. The van der Waals surface area contributed by atoms with Crippen molar-refractivity contribution in [3.05, 3.63) is 94.7 Å². The molecular weight excluding hydrogens is 380 g/mol. The first-order valence-corrected chi connectivity index (χ1v) is 11.3. The molecule has 0 atom stereocenters. The molecular formula is C24H24N2S2. The highest BCUT2D eigenvalue weighted by Gasteiger charge is 2.00. The van der Waals surface area contributed by atoms with Crippen LogP contribution in [-0.2, 0) is 13.1 Å². The largest absolute Gasteiger partial charge is 0.311 e. The number of benzene rings is 2. The van der Waals surface area contributed by atoms with Crippen molar-refractivity contribution in [2.24, 2.45) is 0 Å². The van der Waals surface area contributed by atoms with Gasteiger partial charge in [0.15, 0.2) is 0 Å². The van der Waals surface area contributed by atoms with E-state index in [-0.39, 0.29) is 0 Å². The molecule has 0 amide bonds. The summed E-state index contributed by atoms with van der Waals surface area (Å²) >= 11 is 3.57. The Morgan fingerprint density at radius 2 is 0.964 bits per heavy atom. The van der Waals surface area contributed by atoms with Crippen LogP contribution >= 0.6 is 22.7 Å². The number of nitrogens with one attached hydrogen (secondary N) is 2. The SMILES string of the molecule is c1csc(-c2ccc(CNCCNCc3ccc(-c4cccs4)cc3)cc2)c1. The number of hydrogen-bond donors (Lipinski definition) is 2. The summed E-state index contributed by atoms with van der Waals surface area (Å²) in [5, 5.41) is 11.3. The van der Waals surface area contributed by atoms with Crippen LogP contribution in [0.25, 0.3) is 20.9 Å². The van der Waals surface area contributed by atoms with Crippen molar-refractivity contribution in [1.29, 1.82) is 0 Å². The van der Waals surface area contributed by atoms with E-state index < -0.39 is 0 Å². The van der Waals surface area contributed by atoms with Crippen LogP contribution in [0.4, 0.5) is 0 Å². The van der Waals surface area contributed by atoms with Crippen molar-refractivity contribution >= 4 is 22.7 Å². The lowest BCUT2D eigenvalue weighted by Gasteiger charge is -2.08. The zero-order valence-corrected chi connectivity index (χ0v) is 17.4. The molecule has 2 heterocycles. The highest BCUT2D eigenvalue weighted by molar-refractivity contribution is 7.13. The van der Waals surface area contributed by atoms with E-state index in [1.54, 1.807) is 22.7 Å². The van der Waals surface area contributed by atoms with E-state index in [9.17, 15) is 0 Å². The molecule has 0 aliphatic carbocycles. The minimum Gasteiger partial charge on any atom is -0.311 e. The summed E-state index contributed by atoms with van der Waals surface area (Å²) in [5.74, 6) is 0. The second-order valence-corrected chi connectivity index (χ2v) is 8.60. The third kappa shape index (κ3) is 5.18. The quantitative estimate of drug-likeness (QED) is 0.333. The number of thiophene rings is 2. The Hall–Kier alpha value is -2.24. The molecule has 28 heavy (non-hydrogen) atoms. The second kappa shape index (κ2) is 9.80. The van der Waals surface area contributed by atoms with Gasteiger partial charge < -0.3 is 10.6 Å². The average molecular weight is 405 g/mol. The van der Waals surface area contributed by atoms with Gasteiger partial charge in [-0.05, 0) is 45.1 Å². The maximum Gasteiger partial charge on any atom is 0.0342 e. The fraction of sp³-hybridized carbons (Fsp3) is 0.167. The Labute approximate surface area is 174 Å². The Bertz CT molecular complexity index is 859. The Morgan fingerprint density at radius 3 is 1.32 bits per heavy atom. The normalized spacial score (nSPS) is 11.0. The molecule has 0 saturated heterocycles. The van der Waals surface area contributed by atoms with Gasteiger partial charge in [0.25, 0.3) is 0 Å². The van der Waals surface area contributed by atoms with Gasteiger partial charge in [-0.15, -0.1) is 22.7 Å². The van der Waals surface area contributed by atoms with Crippen LogP contribution in [-0.4, -0.2) is 13.1 Å². The first kappa shape index (κ1) is 19.1. The molecule has 0 unspecified atom stereocenters. The van der Waals surface area contributed by atoms with Gasteiger partial charge in [-0.3, -0.25) is 0 Å². The molecule has 0 aliphatic rings. The van der Waals surface area contributed by atoms with Crippen molar-refractivity contribution in [2.75, 3.05) is 13.1 Å². The zero-order valence-electron chi connectivity index (χ0n) is 15.7. The van der Waals surface area contributed by atoms with Crippen molar-refractivity contribution in [3.63, 3.8) is 0 Å². The molecule has 2 aromatic heterocycles. The fourth-order valence-electron chi connectivity index (χ4n) is 3.10. The summed E-state index contributed by atoms with van der Waals surface area (Å²) in [6.07, 6.45) is 0. The van der Waals surface area contributed by atoms with Crippen LogP contribution in [0.15, 0.2) is 83.6 Å². The van der Waals surface area contributed by atoms with Gasteiger partial charge in [-0.2, -0.15) is 0 Å². The van der Waals surface area contributed by atoms with E-state index >= 15 is 0 Å². The smallest absolute Gasteiger partial charge is 0.0342 e. The summed E-state index contributed by atoms with van der Waals surface area (Å²) in [6.45, 7) is 3.73. The molecule has 4 rings (SSSR count). The van der Waals surface area contributed by atoms with Gasteiger partial charge in [0.2, 0.25) is 0 Å². The maximum absolute atomic E-state index is 3.51. The molecule has 2 nitrogen and oxygen atoms in total. The van der Waals surface area contributed by atoms with Crippen molar-refractivity contribution < 1.29 is 0 Å². The summed E-state index contributed by atoms with van der Waals surface area (Å²) in [4.78, 5) is 2.65. The second-order valence-electron chi connectivity index (χ2n) is 6.70. The standard InChI is InChI=1S/C24H24N2S2/c1-3-23(27-15-1)21-9-5-19(6-10-21)17-25-13-14-26-18-20-7-11-22(12-8-20)24-4-2-16-28-24/h1-12,15-16,25-26H,13-14,17-18H2. The van der Waals surface area contributed by atoms with Crippen LogP contribution in [0.3, 0.4) is 0 Å². The molecule has 0 saturated carbocycles. The van der Waals surface area contributed by atoms with E-state index in [0.717, 1.165) is 26.2 Å². The third-order valence-electron chi connectivity index (χ3n) is 4.66. The summed E-state index contributed by atoms with van der Waals surface area (Å²) < 4.78 is 0. The summed E-state index contributed by atoms with van der Waals surface area (Å²) in [6, 6.07) is 26.2. The molecule has 0 radical (unpaired) electrons. The predicted molar refractivity (Wildman–Crippen MR) is 123 cm³/mol. The van der Waals surface area contributed by atoms with Gasteiger partial charge in [0.05, 0.1) is 0 Å². The molecule has 4 heteroatoms. The van der Waals surface area contributed by atoms with E-state index in [1.807, 2.05) is 0 Å². The zero-order chi connectivity index (χ0) is 19.0. The molecule has 0 bridgehead atoms. The van der Waals surface area contributed by atoms with Crippen molar-refractivity contribution in [2.45, 2.75) is 13.1 Å². The monoisotopic (exact) mass is 404 g/mol. The van der Waals surface area contributed by atoms with Crippen LogP contribution in [0.5, 0.6) is 0 Å². The molecule has 4 aromatic rings. The lowest BCUT2D eigenvalue weighted by Crippen LogP contribution is -2.26. The van der Waals surface area contributed by atoms with Crippen molar-refractivity contribution in [1.82, 2.24) is 10.6 Å². The highest BCUT2D eigenvalue weighted by atomic mass is 32.1. The van der Waals surface area contributed by atoms with E-state index in [0.29, 0.717) is 0 Å². The number of rotatable bonds is 9. The van der Waals surface area contributed by atoms with Crippen LogP contribution < -0.4 is 10.6 Å². The molecule has 142 valence electrons. The molecule has 0 fully saturated rings. The topological polar surface area (TPSA) is 24.1 Å². The first-order valence-electron chi connectivity index (χ1n) is 9.55. The minimum absolute atomic E-state index is 0.905. The average Bonchev–Trinajstić information content (AvgIpc) is 3.46. The van der Waals surface area contributed by atoms with Gasteiger partial charge >= 0.3 is 0 Å². The predicted octanol–water partition coefficient (Wildman–Crippen LogP) is 6.02. The Balaban J connectivity index is 1.14. The fourth-order valence-corrected chi connectivity index (χ4v) is 4.57. The first-order chi connectivity index (χ1) is 13.9. The highest BCUT2D eigenvalue weighted by Crippen LogP contribution is 2.25. The third-order valence-corrected chi connectivity index (χ3v) is 6.49. The summed E-state index contributed by atoms with van der Waals surface area (Å²) in [5.41, 5.74) is 5.24. The van der Waals surface area contributed by atoms with E-state index in [4.69, 9.17) is 0 Å². The molecule has 2 N–H and O–H groups in total. The summed E-state index contributed by atoms with van der Waals surface area (Å²) in [7, 11) is 0. The van der Waals surface area contributed by atoms with E-state index in [1.165, 1.54) is 32.0 Å². The molecule has 2 aromatic carbocycles. The minimum atomic E-state index is 0.905. The van der Waals surface area contributed by atoms with Crippen LogP contribution in [0, 0.1) is 0 Å². The number of hydrogen-bond acceptors (Lipinski definition) is 4. The van der Waals surface area contributed by atoms with Crippen molar-refractivity contribution in [3.8, 4) is 20.9 Å². The lowest BCUT2D eigenvalue weighted by atomic mass is 10.1. The van der Waals surface area contributed by atoms with Crippen LogP contribution in [0.2, 0.25) is 0 Å². The van der Waals surface area contributed by atoms with Crippen LogP contribution in [0.1, 0.15) is 11.1 Å². The van der Waals surface area contributed by atoms with Gasteiger partial charge in [0.1, 0.15) is 0 Å². The Kier molecular flexibility index (Phi) is 6.68. The van der Waals surface area contributed by atoms with E-state index in [2.05, 4.69) is 94.2 Å². The molecule has 0 spiro atoms.